The zero-order chi connectivity index (χ0) is 7.68. The van der Waals surface area contributed by atoms with Crippen molar-refractivity contribution >= 4 is 0 Å². The molecule has 0 saturated carbocycles. The van der Waals surface area contributed by atoms with Gasteiger partial charge in [-0.25, -0.2) is 0 Å². The van der Waals surface area contributed by atoms with Gasteiger partial charge < -0.3 is 4.74 Å². The van der Waals surface area contributed by atoms with Crippen LogP contribution in [0.25, 0.3) is 0 Å². The van der Waals surface area contributed by atoms with E-state index < -0.39 is 0 Å². The Labute approximate surface area is 67.1 Å². The van der Waals surface area contributed by atoms with Gasteiger partial charge in [0.1, 0.15) is 0 Å². The molecule has 11 heavy (non-hydrogen) atoms. The Morgan fingerprint density at radius 2 is 2.55 bits per heavy atom. The highest BCUT2D eigenvalue weighted by atomic mass is 16.5. The molecule has 1 heterocycles. The van der Waals surface area contributed by atoms with Crippen LogP contribution in [0.3, 0.4) is 0 Å². The van der Waals surface area contributed by atoms with Gasteiger partial charge in [0.2, 0.25) is 0 Å². The summed E-state index contributed by atoms with van der Waals surface area (Å²) in [6.07, 6.45) is 11.2. The van der Waals surface area contributed by atoms with E-state index in [1.807, 2.05) is 6.08 Å². The lowest BCUT2D eigenvalue weighted by Gasteiger charge is -2.20. The lowest BCUT2D eigenvalue weighted by Crippen LogP contribution is -2.06. The first-order chi connectivity index (χ1) is 5.36. The van der Waals surface area contributed by atoms with Crippen molar-refractivity contribution in [3.63, 3.8) is 0 Å². The smallest absolute Gasteiger partial charge is 0.173 e. The second-order valence-corrected chi connectivity index (χ2v) is 3.21. The molecule has 1 nitrogen and oxygen atoms in total. The molecule has 1 radical (unpaired) electrons. The summed E-state index contributed by atoms with van der Waals surface area (Å²) in [5.41, 5.74) is 2.53. The average Bonchev–Trinajstić information content (AvgIpc) is 2.04. The predicted molar refractivity (Wildman–Crippen MR) is 43.5 cm³/mol. The molecule has 0 fully saturated rings. The first-order valence-electron chi connectivity index (χ1n) is 4.01. The number of allylic oxidation sites excluding steroid dienone is 4. The van der Waals surface area contributed by atoms with Gasteiger partial charge in [-0.1, -0.05) is 13.0 Å². The maximum absolute atomic E-state index is 4.98. The van der Waals surface area contributed by atoms with Crippen LogP contribution in [0.5, 0.6) is 0 Å². The van der Waals surface area contributed by atoms with E-state index >= 15 is 0 Å². The van der Waals surface area contributed by atoms with Crippen molar-refractivity contribution in [1.29, 1.82) is 0 Å². The molecule has 2 rings (SSSR count). The average molecular weight is 147 g/mol. The van der Waals surface area contributed by atoms with E-state index in [2.05, 4.69) is 19.3 Å². The number of ether oxygens (including phenoxy) is 1. The third-order valence-corrected chi connectivity index (χ3v) is 2.14. The van der Waals surface area contributed by atoms with Crippen LogP contribution < -0.4 is 0 Å². The molecule has 0 saturated heterocycles. The maximum Gasteiger partial charge on any atom is 0.173 e. The zero-order valence-corrected chi connectivity index (χ0v) is 6.63. The Morgan fingerprint density at radius 3 is 3.45 bits per heavy atom. The summed E-state index contributed by atoms with van der Waals surface area (Å²) in [6.45, 7) is 2.25. The van der Waals surface area contributed by atoms with Crippen LogP contribution in [0.1, 0.15) is 19.8 Å². The van der Waals surface area contributed by atoms with Crippen molar-refractivity contribution in [3.05, 3.63) is 35.8 Å². The molecule has 0 N–H and O–H groups in total. The van der Waals surface area contributed by atoms with Gasteiger partial charge in [-0.3, -0.25) is 0 Å². The van der Waals surface area contributed by atoms with E-state index in [1.54, 1.807) is 6.26 Å². The Balaban J connectivity index is 2.28. The van der Waals surface area contributed by atoms with Gasteiger partial charge in [0.05, 0.1) is 6.26 Å². The highest BCUT2D eigenvalue weighted by Crippen LogP contribution is 2.30. The zero-order valence-electron chi connectivity index (χ0n) is 6.63. The number of hydrogen-bond donors (Lipinski definition) is 0. The SMILES string of the molecule is CC1CC=C2C=CO[C]=C2C1. The van der Waals surface area contributed by atoms with Crippen LogP contribution in [0.2, 0.25) is 0 Å². The van der Waals surface area contributed by atoms with Gasteiger partial charge in [0.15, 0.2) is 6.26 Å². The van der Waals surface area contributed by atoms with E-state index in [1.165, 1.54) is 17.6 Å². The van der Waals surface area contributed by atoms with Crippen molar-refractivity contribution < 1.29 is 4.74 Å². The molecule has 1 aliphatic heterocycles. The van der Waals surface area contributed by atoms with Crippen molar-refractivity contribution in [2.24, 2.45) is 5.92 Å². The summed E-state index contributed by atoms with van der Waals surface area (Å²) < 4.78 is 4.98. The van der Waals surface area contributed by atoms with E-state index in [9.17, 15) is 0 Å². The van der Waals surface area contributed by atoms with E-state index in [0.717, 1.165) is 12.3 Å². The topological polar surface area (TPSA) is 9.23 Å². The molecular weight excluding hydrogens is 136 g/mol. The highest BCUT2D eigenvalue weighted by Gasteiger charge is 2.16. The maximum atomic E-state index is 4.98. The lowest BCUT2D eigenvalue weighted by molar-refractivity contribution is 0.358. The molecule has 0 aromatic heterocycles. The fourth-order valence-electron chi connectivity index (χ4n) is 1.48. The fourth-order valence-corrected chi connectivity index (χ4v) is 1.48. The van der Waals surface area contributed by atoms with E-state index in [0.29, 0.717) is 0 Å². The number of rotatable bonds is 0. The fraction of sp³-hybridized carbons (Fsp3) is 0.400. The predicted octanol–water partition coefficient (Wildman–Crippen LogP) is 2.57. The van der Waals surface area contributed by atoms with Crippen molar-refractivity contribution in [2.75, 3.05) is 0 Å². The summed E-state index contributed by atoms with van der Waals surface area (Å²) in [5, 5.41) is 0. The molecule has 1 heteroatoms. The van der Waals surface area contributed by atoms with Gasteiger partial charge >= 0.3 is 0 Å². The first kappa shape index (κ1) is 6.71. The van der Waals surface area contributed by atoms with Crippen molar-refractivity contribution in [2.45, 2.75) is 19.8 Å². The molecule has 0 aromatic carbocycles. The number of hydrogen-bond acceptors (Lipinski definition) is 1. The van der Waals surface area contributed by atoms with Gasteiger partial charge in [-0.05, 0) is 30.4 Å². The largest absolute Gasteiger partial charge is 0.461 e. The minimum absolute atomic E-state index is 0.747. The first-order valence-corrected chi connectivity index (χ1v) is 4.01. The molecule has 0 bridgehead atoms. The van der Waals surface area contributed by atoms with E-state index in [-0.39, 0.29) is 0 Å². The van der Waals surface area contributed by atoms with Crippen LogP contribution in [0, 0.1) is 12.2 Å². The molecule has 1 aliphatic carbocycles. The van der Waals surface area contributed by atoms with Gasteiger partial charge in [0.25, 0.3) is 0 Å². The third kappa shape index (κ3) is 1.23. The summed E-state index contributed by atoms with van der Waals surface area (Å²) in [6, 6.07) is 0. The molecular formula is C10H11O. The van der Waals surface area contributed by atoms with Gasteiger partial charge in [-0.2, -0.15) is 0 Å². The molecule has 2 aliphatic rings. The quantitative estimate of drug-likeness (QED) is 0.511. The number of fused-ring (bicyclic) bond motifs is 1. The highest BCUT2D eigenvalue weighted by molar-refractivity contribution is 5.40. The summed E-state index contributed by atoms with van der Waals surface area (Å²) in [4.78, 5) is 0. The van der Waals surface area contributed by atoms with Crippen LogP contribution in [0.15, 0.2) is 29.6 Å². The minimum Gasteiger partial charge on any atom is -0.461 e. The molecule has 0 spiro atoms. The second kappa shape index (κ2) is 2.57. The van der Waals surface area contributed by atoms with E-state index in [4.69, 9.17) is 4.74 Å². The normalized spacial score (nSPS) is 28.3. The van der Waals surface area contributed by atoms with Crippen LogP contribution in [-0.4, -0.2) is 0 Å². The lowest BCUT2D eigenvalue weighted by atomic mass is 9.87. The monoisotopic (exact) mass is 147 g/mol. The van der Waals surface area contributed by atoms with Gasteiger partial charge in [0, 0.05) is 5.57 Å². The van der Waals surface area contributed by atoms with Crippen LogP contribution in [-0.2, 0) is 4.74 Å². The molecule has 1 atom stereocenters. The summed E-state index contributed by atoms with van der Waals surface area (Å²) >= 11 is 0. The van der Waals surface area contributed by atoms with Crippen LogP contribution in [0.4, 0.5) is 0 Å². The molecule has 1 unspecified atom stereocenters. The van der Waals surface area contributed by atoms with Crippen molar-refractivity contribution in [1.82, 2.24) is 0 Å². The molecule has 0 aromatic rings. The van der Waals surface area contributed by atoms with Crippen LogP contribution >= 0.6 is 0 Å². The van der Waals surface area contributed by atoms with Gasteiger partial charge in [-0.15, -0.1) is 0 Å². The third-order valence-electron chi connectivity index (χ3n) is 2.14. The Morgan fingerprint density at radius 1 is 1.64 bits per heavy atom. The second-order valence-electron chi connectivity index (χ2n) is 3.21. The van der Waals surface area contributed by atoms with Crippen molar-refractivity contribution in [3.8, 4) is 0 Å². The summed E-state index contributed by atoms with van der Waals surface area (Å²) in [7, 11) is 0. The Hall–Kier alpha value is -0.980. The molecule has 57 valence electrons. The standard InChI is InChI=1S/C10H11O/c1-8-2-3-9-4-5-11-7-10(9)6-8/h3-5,8H,2,6H2,1H3. The Kier molecular flexibility index (Phi) is 1.57. The minimum atomic E-state index is 0.747. The molecule has 0 amide bonds. The Bertz CT molecular complexity index is 246. The summed E-state index contributed by atoms with van der Waals surface area (Å²) in [5.74, 6) is 0.747.